The molecule has 9 nitrogen and oxygen atoms in total. The summed E-state index contributed by atoms with van der Waals surface area (Å²) < 4.78 is 20.7. The molecule has 3 heterocycles. The van der Waals surface area contributed by atoms with Crippen LogP contribution in [0.25, 0.3) is 11.3 Å². The molecule has 0 bridgehead atoms. The predicted molar refractivity (Wildman–Crippen MR) is 164 cm³/mol. The number of hydrogen-bond donors (Lipinski definition) is 3. The molecule has 220 valence electrons. The Labute approximate surface area is 249 Å². The van der Waals surface area contributed by atoms with Crippen LogP contribution in [0.4, 0.5) is 33.2 Å². The minimum atomic E-state index is -0.479. The fourth-order valence-electron chi connectivity index (χ4n) is 6.07. The number of hydrogen-bond acceptors (Lipinski definition) is 8. The molecule has 0 radical (unpaired) electrons. The third-order valence-corrected chi connectivity index (χ3v) is 8.43. The number of anilines is 5. The van der Waals surface area contributed by atoms with Crippen molar-refractivity contribution in [3.05, 3.63) is 88.7 Å². The summed E-state index contributed by atoms with van der Waals surface area (Å²) >= 11 is 0. The summed E-state index contributed by atoms with van der Waals surface area (Å²) in [6.07, 6.45) is 2.67. The maximum Gasteiger partial charge on any atom is 0.261 e. The molecule has 3 aliphatic rings. The van der Waals surface area contributed by atoms with Crippen LogP contribution in [0.3, 0.4) is 0 Å². The maximum absolute atomic E-state index is 15.2. The average Bonchev–Trinajstić information content (AvgIpc) is 3.87. The van der Waals surface area contributed by atoms with Gasteiger partial charge in [0, 0.05) is 48.2 Å². The third-order valence-electron chi connectivity index (χ3n) is 8.43. The van der Waals surface area contributed by atoms with Crippen LogP contribution < -0.4 is 20.9 Å². The molecule has 2 aliphatic heterocycles. The number of amides is 1. The van der Waals surface area contributed by atoms with Crippen molar-refractivity contribution < 1.29 is 19.0 Å². The Morgan fingerprint density at radius 1 is 1.02 bits per heavy atom. The SMILES string of the molecule is Nc1cc(-c2cccc(N3CCc4cc(C5CC5)cc(F)c4C3=O)c2CO)nc(Nc2ccc(N3CCOCC3)cc2)n1. The molecule has 0 spiro atoms. The van der Waals surface area contributed by atoms with Crippen LogP contribution >= 0.6 is 0 Å². The number of carbonyl (C=O) groups is 1. The molecule has 4 N–H and O–H groups in total. The second kappa shape index (κ2) is 11.3. The van der Waals surface area contributed by atoms with Crippen LogP contribution in [0, 0.1) is 5.82 Å². The molecule has 1 aromatic heterocycles. The summed E-state index contributed by atoms with van der Waals surface area (Å²) in [6.45, 7) is 3.18. The van der Waals surface area contributed by atoms with Gasteiger partial charge in [0.05, 0.1) is 36.8 Å². The van der Waals surface area contributed by atoms with E-state index in [1.54, 1.807) is 23.1 Å². The third kappa shape index (κ3) is 5.39. The summed E-state index contributed by atoms with van der Waals surface area (Å²) in [4.78, 5) is 26.5. The fraction of sp³-hybridized carbons (Fsp3) is 0.303. The molecule has 1 amide bonds. The van der Waals surface area contributed by atoms with Gasteiger partial charge in [-0.2, -0.15) is 4.98 Å². The number of aliphatic hydroxyl groups excluding tert-OH is 1. The Bertz CT molecular complexity index is 1690. The zero-order valence-electron chi connectivity index (χ0n) is 23.7. The van der Waals surface area contributed by atoms with E-state index in [1.165, 1.54) is 6.07 Å². The highest BCUT2D eigenvalue weighted by atomic mass is 19.1. The number of nitrogen functional groups attached to an aromatic ring is 1. The first kappa shape index (κ1) is 27.3. The highest BCUT2D eigenvalue weighted by Gasteiger charge is 2.33. The van der Waals surface area contributed by atoms with Gasteiger partial charge in [-0.3, -0.25) is 4.79 Å². The van der Waals surface area contributed by atoms with Gasteiger partial charge >= 0.3 is 0 Å². The van der Waals surface area contributed by atoms with Crippen LogP contribution in [-0.2, 0) is 17.8 Å². The van der Waals surface area contributed by atoms with E-state index < -0.39 is 11.7 Å². The van der Waals surface area contributed by atoms with Crippen molar-refractivity contribution in [2.24, 2.45) is 0 Å². The number of morpholine rings is 1. The van der Waals surface area contributed by atoms with Crippen LogP contribution in [-0.4, -0.2) is 53.8 Å². The van der Waals surface area contributed by atoms with Gasteiger partial charge in [-0.15, -0.1) is 0 Å². The zero-order valence-corrected chi connectivity index (χ0v) is 23.7. The lowest BCUT2D eigenvalue weighted by Crippen LogP contribution is -2.39. The van der Waals surface area contributed by atoms with Crippen LogP contribution in [0.5, 0.6) is 0 Å². The quantitative estimate of drug-likeness (QED) is 0.279. The second-order valence-electron chi connectivity index (χ2n) is 11.3. The number of benzene rings is 3. The maximum atomic E-state index is 15.2. The second-order valence-corrected chi connectivity index (χ2v) is 11.3. The molecule has 1 saturated carbocycles. The molecular formula is C33H33FN6O3. The highest BCUT2D eigenvalue weighted by Crippen LogP contribution is 2.42. The van der Waals surface area contributed by atoms with Crippen molar-refractivity contribution in [2.45, 2.75) is 31.8 Å². The molecule has 3 aromatic carbocycles. The summed E-state index contributed by atoms with van der Waals surface area (Å²) in [5.74, 6) is 0.0778. The molecule has 1 saturated heterocycles. The van der Waals surface area contributed by atoms with E-state index in [1.807, 2.05) is 36.4 Å². The molecule has 4 aromatic rings. The van der Waals surface area contributed by atoms with Crippen LogP contribution in [0.1, 0.15) is 45.8 Å². The van der Waals surface area contributed by atoms with Crippen molar-refractivity contribution in [1.29, 1.82) is 0 Å². The lowest BCUT2D eigenvalue weighted by Gasteiger charge is -2.31. The lowest BCUT2D eigenvalue weighted by atomic mass is 9.93. The smallest absolute Gasteiger partial charge is 0.261 e. The average molecular weight is 581 g/mol. The van der Waals surface area contributed by atoms with Gasteiger partial charge < -0.3 is 30.7 Å². The highest BCUT2D eigenvalue weighted by molar-refractivity contribution is 6.09. The van der Waals surface area contributed by atoms with Gasteiger partial charge in [-0.05, 0) is 72.7 Å². The van der Waals surface area contributed by atoms with Gasteiger partial charge in [0.15, 0.2) is 0 Å². The van der Waals surface area contributed by atoms with Gasteiger partial charge in [0.2, 0.25) is 5.95 Å². The number of halogens is 1. The standard InChI is InChI=1S/C33H33FN6O3/c34-27-17-22(20-4-5-20)16-21-10-11-40(32(42)31(21)27)29-3-1-2-25(26(29)19-41)28-18-30(35)38-33(37-28)36-23-6-8-24(9-7-23)39-12-14-43-15-13-39/h1-3,6-9,16-18,20,41H,4-5,10-15,19H2,(H3,35,36,37,38). The van der Waals surface area contributed by atoms with Crippen molar-refractivity contribution in [3.63, 3.8) is 0 Å². The monoisotopic (exact) mass is 580 g/mol. The van der Waals surface area contributed by atoms with E-state index in [2.05, 4.69) is 15.2 Å². The Kier molecular flexibility index (Phi) is 7.16. The molecular weight excluding hydrogens is 547 g/mol. The van der Waals surface area contributed by atoms with Gasteiger partial charge in [-0.1, -0.05) is 18.2 Å². The van der Waals surface area contributed by atoms with Crippen molar-refractivity contribution in [2.75, 3.05) is 53.7 Å². The number of ether oxygens (including phenoxy) is 1. The number of nitrogens with two attached hydrogens (primary N) is 1. The Morgan fingerprint density at radius 3 is 2.56 bits per heavy atom. The summed E-state index contributed by atoms with van der Waals surface area (Å²) in [5.41, 5.74) is 12.1. The number of nitrogens with zero attached hydrogens (tertiary/aromatic N) is 4. The first-order valence-corrected chi connectivity index (χ1v) is 14.7. The van der Waals surface area contributed by atoms with Gasteiger partial charge in [0.1, 0.15) is 11.6 Å². The van der Waals surface area contributed by atoms with Gasteiger partial charge in [0.25, 0.3) is 5.91 Å². The van der Waals surface area contributed by atoms with E-state index in [9.17, 15) is 9.90 Å². The van der Waals surface area contributed by atoms with Crippen molar-refractivity contribution >= 4 is 34.7 Å². The number of aromatic nitrogens is 2. The first-order valence-electron chi connectivity index (χ1n) is 14.7. The predicted octanol–water partition coefficient (Wildman–Crippen LogP) is 5.02. The number of nitrogens with one attached hydrogen (secondary N) is 1. The Hall–Kier alpha value is -4.54. The molecule has 2 fully saturated rings. The van der Waals surface area contributed by atoms with Crippen molar-refractivity contribution in [3.8, 4) is 11.3 Å². The normalized spacial score (nSPS) is 16.7. The van der Waals surface area contributed by atoms with Crippen LogP contribution in [0.15, 0.2) is 60.7 Å². The molecule has 0 unspecified atom stereocenters. The summed E-state index contributed by atoms with van der Waals surface area (Å²) in [7, 11) is 0. The minimum absolute atomic E-state index is 0.113. The number of carbonyl (C=O) groups excluding carboxylic acids is 1. The topological polar surface area (TPSA) is 117 Å². The van der Waals surface area contributed by atoms with E-state index in [0.717, 1.165) is 48.4 Å². The van der Waals surface area contributed by atoms with Gasteiger partial charge in [-0.25, -0.2) is 9.37 Å². The van der Waals surface area contributed by atoms with Crippen molar-refractivity contribution in [1.82, 2.24) is 9.97 Å². The molecule has 7 rings (SSSR count). The first-order chi connectivity index (χ1) is 21.0. The minimum Gasteiger partial charge on any atom is -0.392 e. The summed E-state index contributed by atoms with van der Waals surface area (Å²) in [6, 6.07) is 18.5. The molecule has 1 aliphatic carbocycles. The van der Waals surface area contributed by atoms with E-state index in [4.69, 9.17) is 15.5 Å². The molecule has 0 atom stereocenters. The number of fused-ring (bicyclic) bond motifs is 1. The Balaban J connectivity index is 1.17. The van der Waals surface area contributed by atoms with Crippen LogP contribution in [0.2, 0.25) is 0 Å². The largest absolute Gasteiger partial charge is 0.392 e. The Morgan fingerprint density at radius 2 is 1.81 bits per heavy atom. The zero-order chi connectivity index (χ0) is 29.5. The van der Waals surface area contributed by atoms with E-state index >= 15 is 4.39 Å². The fourth-order valence-corrected chi connectivity index (χ4v) is 6.07. The molecule has 10 heteroatoms. The molecule has 43 heavy (non-hydrogen) atoms. The lowest BCUT2D eigenvalue weighted by molar-refractivity contribution is 0.0976. The number of rotatable bonds is 7. The van der Waals surface area contributed by atoms with E-state index in [0.29, 0.717) is 60.6 Å². The van der Waals surface area contributed by atoms with E-state index in [-0.39, 0.29) is 18.0 Å². The summed E-state index contributed by atoms with van der Waals surface area (Å²) in [5, 5.41) is 13.8. The number of aliphatic hydroxyl groups is 1.